The molecule has 2 aromatic rings. The molecule has 0 heterocycles. The maximum absolute atomic E-state index is 13.3. The zero-order valence-corrected chi connectivity index (χ0v) is 10.2. The third-order valence-corrected chi connectivity index (χ3v) is 2.60. The highest BCUT2D eigenvalue weighted by molar-refractivity contribution is 5.69. The Morgan fingerprint density at radius 1 is 0.304 bits per heavy atom. The Kier molecular flexibility index (Phi) is 4.14. The van der Waals surface area contributed by atoms with Gasteiger partial charge in [0.1, 0.15) is 23.3 Å². The number of nitrogens with zero attached hydrogens (tertiary/aromatic N) is 1. The van der Waals surface area contributed by atoms with E-state index in [0.29, 0.717) is 0 Å². The lowest BCUT2D eigenvalue weighted by atomic mass is 10.2. The van der Waals surface area contributed by atoms with Gasteiger partial charge in [-0.1, -0.05) is 11.4 Å². The first kappa shape index (κ1) is 16.9. The Bertz CT molecular complexity index is 691. The molecule has 0 bridgehead atoms. The molecule has 0 saturated heterocycles. The maximum Gasteiger partial charge on any atom is 0.200 e. The van der Waals surface area contributed by atoms with E-state index >= 15 is 0 Å². The molecule has 0 atom stereocenters. The van der Waals surface area contributed by atoms with Crippen molar-refractivity contribution in [2.45, 2.75) is 0 Å². The van der Waals surface area contributed by atoms with Crippen molar-refractivity contribution in [3.8, 4) is 0 Å². The van der Waals surface area contributed by atoms with E-state index < -0.39 is 69.5 Å². The second-order valence-corrected chi connectivity index (χ2v) is 3.95. The quantitative estimate of drug-likeness (QED) is 0.391. The molecule has 0 N–H and O–H groups in total. The van der Waals surface area contributed by atoms with Crippen molar-refractivity contribution in [1.82, 2.24) is 0 Å². The van der Waals surface area contributed by atoms with Crippen LogP contribution >= 0.6 is 0 Å². The van der Waals surface area contributed by atoms with Crippen molar-refractivity contribution in [2.24, 2.45) is 0 Å². The van der Waals surface area contributed by atoms with Crippen LogP contribution in [0.3, 0.4) is 0 Å². The van der Waals surface area contributed by atoms with Gasteiger partial charge in [-0.25, -0.2) is 43.9 Å². The van der Waals surface area contributed by atoms with Gasteiger partial charge in [-0.15, -0.1) is 0 Å². The average molecular weight is 348 g/mol. The van der Waals surface area contributed by atoms with Gasteiger partial charge in [0, 0.05) is 0 Å². The summed E-state index contributed by atoms with van der Waals surface area (Å²) in [5.41, 5.74) is -4.21. The van der Waals surface area contributed by atoms with Gasteiger partial charge >= 0.3 is 0 Å². The lowest BCUT2D eigenvalue weighted by Gasteiger charge is -2.25. The van der Waals surface area contributed by atoms with Crippen LogP contribution in [0.5, 0.6) is 0 Å². The van der Waals surface area contributed by atoms with Gasteiger partial charge in [0.05, 0.1) is 0 Å². The molecule has 0 aliphatic rings. The number of hydrogen-bond acceptors (Lipinski definition) is 0. The summed E-state index contributed by atoms with van der Waals surface area (Å²) in [5, 5.41) is 2.37. The van der Waals surface area contributed by atoms with Gasteiger partial charge in [-0.3, -0.25) is 0 Å². The van der Waals surface area contributed by atoms with Crippen LogP contribution in [0.4, 0.5) is 55.3 Å². The van der Waals surface area contributed by atoms with Gasteiger partial charge in [0.25, 0.3) is 0 Å². The van der Waals surface area contributed by atoms with Crippen LogP contribution in [0.1, 0.15) is 0 Å². The molecule has 124 valence electrons. The van der Waals surface area contributed by atoms with Crippen molar-refractivity contribution in [3.05, 3.63) is 63.5 Å². The Morgan fingerprint density at radius 2 is 0.478 bits per heavy atom. The van der Waals surface area contributed by atoms with Crippen LogP contribution in [-0.4, -0.2) is 0 Å². The van der Waals surface area contributed by atoms with Crippen molar-refractivity contribution in [2.75, 3.05) is 0 Å². The zero-order chi connectivity index (χ0) is 17.6. The Labute approximate surface area is 120 Å². The molecule has 0 aliphatic carbocycles. The highest BCUT2D eigenvalue weighted by Crippen LogP contribution is 2.42. The normalized spacial score (nSPS) is 11.0. The molecule has 2 rings (SSSR count). The minimum atomic E-state index is -2.59. The lowest BCUT2D eigenvalue weighted by molar-refractivity contribution is 0.379. The summed E-state index contributed by atoms with van der Waals surface area (Å²) >= 11 is 0. The maximum atomic E-state index is 13.3. The third kappa shape index (κ3) is 2.45. The number of benzene rings is 2. The van der Waals surface area contributed by atoms with E-state index in [1.54, 1.807) is 0 Å². The summed E-state index contributed by atoms with van der Waals surface area (Å²) in [5.74, 6) is -25.6. The highest BCUT2D eigenvalue weighted by atomic mass is 19.2. The first-order valence-electron chi connectivity index (χ1n) is 5.34. The summed E-state index contributed by atoms with van der Waals surface area (Å²) < 4.78 is 130. The van der Waals surface area contributed by atoms with Crippen LogP contribution in [0.15, 0.2) is 0 Å². The van der Waals surface area contributed by atoms with E-state index in [2.05, 4.69) is 5.32 Å². The fourth-order valence-electron chi connectivity index (χ4n) is 1.49. The van der Waals surface area contributed by atoms with Crippen molar-refractivity contribution < 1.29 is 43.9 Å². The highest BCUT2D eigenvalue weighted by Gasteiger charge is 2.25. The summed E-state index contributed by atoms with van der Waals surface area (Å²) in [4.78, 5) is 0. The smallest absolute Gasteiger partial charge is 0.200 e. The third-order valence-electron chi connectivity index (χ3n) is 2.60. The summed E-state index contributed by atoms with van der Waals surface area (Å²) in [7, 11) is 0. The van der Waals surface area contributed by atoms with Gasteiger partial charge < -0.3 is 5.32 Å². The van der Waals surface area contributed by atoms with Crippen LogP contribution in [0, 0.1) is 58.2 Å². The molecule has 0 spiro atoms. The minimum absolute atomic E-state index is 2.11. The molecular formula is C12F10N-. The molecule has 0 amide bonds. The minimum Gasteiger partial charge on any atom is -0.648 e. The predicted molar refractivity (Wildman–Crippen MR) is 55.1 cm³/mol. The van der Waals surface area contributed by atoms with Crippen LogP contribution in [0.2, 0.25) is 0 Å². The molecule has 23 heavy (non-hydrogen) atoms. The SMILES string of the molecule is Fc1c(F)c(F)c([N-]c2c(F)c(F)c(F)c(F)c2F)c(F)c1F. The molecule has 0 aliphatic heterocycles. The van der Waals surface area contributed by atoms with Gasteiger partial charge in [0.15, 0.2) is 34.9 Å². The second kappa shape index (κ2) is 5.63. The van der Waals surface area contributed by atoms with Gasteiger partial charge in [-0.2, -0.15) is 0 Å². The standard InChI is InChI=1S/C12F10N/c13-1-3(15)7(19)11(8(20)4(1)16)23-12-9(21)5(17)2(14)6(18)10(12)22/q-1. The molecule has 0 fully saturated rings. The molecular weight excluding hydrogens is 348 g/mol. The largest absolute Gasteiger partial charge is 0.648 e. The second-order valence-electron chi connectivity index (χ2n) is 3.95. The van der Waals surface area contributed by atoms with Crippen molar-refractivity contribution >= 4 is 11.4 Å². The van der Waals surface area contributed by atoms with E-state index in [4.69, 9.17) is 0 Å². The summed E-state index contributed by atoms with van der Waals surface area (Å²) in [6, 6.07) is 0. The van der Waals surface area contributed by atoms with Crippen LogP contribution in [-0.2, 0) is 0 Å². The number of halogens is 10. The van der Waals surface area contributed by atoms with E-state index in [0.717, 1.165) is 0 Å². The lowest BCUT2D eigenvalue weighted by Crippen LogP contribution is -2.04. The van der Waals surface area contributed by atoms with Crippen molar-refractivity contribution in [3.63, 3.8) is 0 Å². The average Bonchev–Trinajstić information content (AvgIpc) is 2.54. The Balaban J connectivity index is 2.71. The van der Waals surface area contributed by atoms with E-state index in [1.165, 1.54) is 0 Å². The number of rotatable bonds is 2. The summed E-state index contributed by atoms with van der Waals surface area (Å²) in [6.07, 6.45) is 0. The van der Waals surface area contributed by atoms with E-state index in [1.807, 2.05) is 0 Å². The topological polar surface area (TPSA) is 14.1 Å². The van der Waals surface area contributed by atoms with Gasteiger partial charge in [-0.05, 0) is 0 Å². The monoisotopic (exact) mass is 348 g/mol. The Hall–Kier alpha value is -2.46. The molecule has 0 saturated carbocycles. The number of hydrogen-bond donors (Lipinski definition) is 0. The fraction of sp³-hybridized carbons (Fsp3) is 0. The van der Waals surface area contributed by atoms with Gasteiger partial charge in [0.2, 0.25) is 0 Å². The zero-order valence-electron chi connectivity index (χ0n) is 10.2. The molecule has 11 heteroatoms. The van der Waals surface area contributed by atoms with Crippen LogP contribution < -0.4 is 0 Å². The fourth-order valence-corrected chi connectivity index (χ4v) is 1.49. The molecule has 0 unspecified atom stereocenters. The molecule has 2 aromatic carbocycles. The first-order valence-corrected chi connectivity index (χ1v) is 5.34. The first-order chi connectivity index (χ1) is 10.6. The van der Waals surface area contributed by atoms with E-state index in [-0.39, 0.29) is 0 Å². The Morgan fingerprint density at radius 3 is 0.696 bits per heavy atom. The molecule has 0 aromatic heterocycles. The molecule has 0 radical (unpaired) electrons. The van der Waals surface area contributed by atoms with Crippen molar-refractivity contribution in [1.29, 1.82) is 0 Å². The molecule has 1 nitrogen and oxygen atoms in total. The summed E-state index contributed by atoms with van der Waals surface area (Å²) in [6.45, 7) is 0. The predicted octanol–water partition coefficient (Wildman–Crippen LogP) is 5.41. The van der Waals surface area contributed by atoms with Crippen LogP contribution in [0.25, 0.3) is 5.32 Å². The van der Waals surface area contributed by atoms with E-state index in [9.17, 15) is 43.9 Å².